The van der Waals surface area contributed by atoms with E-state index in [1.165, 1.54) is 7.11 Å². The van der Waals surface area contributed by atoms with Gasteiger partial charge < -0.3 is 19.5 Å². The molecule has 0 saturated carbocycles. The summed E-state index contributed by atoms with van der Waals surface area (Å²) in [7, 11) is 3.09. The lowest BCUT2D eigenvalue weighted by Crippen LogP contribution is -2.26. The van der Waals surface area contributed by atoms with Crippen LogP contribution in [0.5, 0.6) is 11.6 Å². The van der Waals surface area contributed by atoms with Gasteiger partial charge in [0.05, 0.1) is 24.8 Å². The van der Waals surface area contributed by atoms with Gasteiger partial charge in [-0.05, 0) is 18.6 Å². The van der Waals surface area contributed by atoms with Gasteiger partial charge in [-0.25, -0.2) is 4.98 Å². The lowest BCUT2D eigenvalue weighted by molar-refractivity contribution is -0.119. The minimum absolute atomic E-state index is 0.0846. The molecule has 7 nitrogen and oxygen atoms in total. The third-order valence-electron chi connectivity index (χ3n) is 4.52. The van der Waals surface area contributed by atoms with E-state index in [1.54, 1.807) is 25.4 Å². The number of hydrogen-bond donors (Lipinski definition) is 1. The fourth-order valence-corrected chi connectivity index (χ4v) is 3.11. The molecule has 3 rings (SSSR count). The Balaban J connectivity index is 1.91. The number of carbonyl (C=O) groups is 1. The van der Waals surface area contributed by atoms with Crippen LogP contribution >= 0.6 is 0 Å². The number of methoxy groups -OCH3 is 2. The first kappa shape index (κ1) is 19.5. The largest absolute Gasteiger partial charge is 0.495 e. The second kappa shape index (κ2) is 9.07. The predicted molar refractivity (Wildman–Crippen MR) is 103 cm³/mol. The molecule has 1 amide bonds. The van der Waals surface area contributed by atoms with E-state index in [0.717, 1.165) is 17.2 Å². The van der Waals surface area contributed by atoms with Crippen LogP contribution in [-0.2, 0) is 9.53 Å². The van der Waals surface area contributed by atoms with E-state index in [2.05, 4.69) is 28.2 Å². The maximum Gasteiger partial charge on any atom is 0.221 e. The molecule has 144 valence electrons. The van der Waals surface area contributed by atoms with E-state index in [1.807, 2.05) is 0 Å². The average Bonchev–Trinajstić information content (AvgIpc) is 3.13. The monoisotopic (exact) mass is 379 g/mol. The first-order chi connectivity index (χ1) is 13.7. The number of aromatic nitrogens is 1. The van der Waals surface area contributed by atoms with E-state index >= 15 is 0 Å². The molecule has 7 heteroatoms. The Bertz CT molecular complexity index is 985. The van der Waals surface area contributed by atoms with Gasteiger partial charge in [-0.3, -0.25) is 4.79 Å². The Hall–Kier alpha value is -3.29. The highest BCUT2D eigenvalue weighted by molar-refractivity contribution is 5.94. The topological polar surface area (TPSA) is 93.5 Å². The van der Waals surface area contributed by atoms with Gasteiger partial charge in [0.1, 0.15) is 18.4 Å². The minimum Gasteiger partial charge on any atom is -0.495 e. The second-order valence-electron chi connectivity index (χ2n) is 6.36. The number of carbonyl (C=O) groups excluding carboxylic acids is 1. The van der Waals surface area contributed by atoms with Gasteiger partial charge in [-0.1, -0.05) is 11.8 Å². The summed E-state index contributed by atoms with van der Waals surface area (Å²) in [5.41, 5.74) is 1.09. The number of nitrogens with one attached hydrogen (secondary N) is 1. The predicted octanol–water partition coefficient (Wildman–Crippen LogP) is 2.16. The number of rotatable bonds is 6. The molecule has 0 spiro atoms. The van der Waals surface area contributed by atoms with Crippen molar-refractivity contribution in [1.82, 2.24) is 10.3 Å². The molecule has 2 heterocycles. The zero-order valence-corrected chi connectivity index (χ0v) is 15.9. The minimum atomic E-state index is 0.0846. The lowest BCUT2D eigenvalue weighted by Gasteiger charge is -2.13. The summed E-state index contributed by atoms with van der Waals surface area (Å²) in [6, 6.07) is 5.75. The molecule has 2 aromatic rings. The molecule has 1 aromatic heterocycles. The van der Waals surface area contributed by atoms with Gasteiger partial charge in [0, 0.05) is 43.0 Å². The summed E-state index contributed by atoms with van der Waals surface area (Å²) in [5.74, 6) is 6.90. The fraction of sp³-hybridized carbons (Fsp3) is 0.381. The van der Waals surface area contributed by atoms with Gasteiger partial charge >= 0.3 is 0 Å². The third-order valence-corrected chi connectivity index (χ3v) is 4.52. The molecule has 28 heavy (non-hydrogen) atoms. The zero-order chi connectivity index (χ0) is 19.9. The standard InChI is InChI=1S/C21H21N3O4/c1-26-8-3-4-14-13-23-21(28-9-7-16-5-6-20(25)24-16)18-11-19(27-2)15(12-22)10-17(14)18/h10-11,13,16H,5-9H2,1-2H3,(H,24,25)/t16-/m0/s1. The van der Waals surface area contributed by atoms with Crippen LogP contribution in [0, 0.1) is 23.2 Å². The molecule has 1 aliphatic heterocycles. The van der Waals surface area contributed by atoms with Crippen molar-refractivity contribution in [2.75, 3.05) is 27.4 Å². The van der Waals surface area contributed by atoms with Crippen LogP contribution in [0.25, 0.3) is 10.8 Å². The molecule has 0 radical (unpaired) electrons. The van der Waals surface area contributed by atoms with Crippen molar-refractivity contribution < 1.29 is 19.0 Å². The molecular weight excluding hydrogens is 358 g/mol. The number of nitriles is 1. The van der Waals surface area contributed by atoms with Crippen molar-refractivity contribution >= 4 is 16.7 Å². The van der Waals surface area contributed by atoms with Gasteiger partial charge in [-0.2, -0.15) is 5.26 Å². The lowest BCUT2D eigenvalue weighted by atomic mass is 10.0. The van der Waals surface area contributed by atoms with E-state index in [0.29, 0.717) is 48.8 Å². The molecule has 1 atom stereocenters. The Morgan fingerprint density at radius 3 is 2.82 bits per heavy atom. The van der Waals surface area contributed by atoms with Crippen LogP contribution in [0.2, 0.25) is 0 Å². The first-order valence-corrected chi connectivity index (χ1v) is 8.97. The number of fused-ring (bicyclic) bond motifs is 1. The molecule has 1 fully saturated rings. The van der Waals surface area contributed by atoms with Crippen LogP contribution < -0.4 is 14.8 Å². The number of benzene rings is 1. The zero-order valence-electron chi connectivity index (χ0n) is 15.9. The van der Waals surface area contributed by atoms with Gasteiger partial charge in [-0.15, -0.1) is 0 Å². The van der Waals surface area contributed by atoms with E-state index < -0.39 is 0 Å². The summed E-state index contributed by atoms with van der Waals surface area (Å²) in [6.45, 7) is 0.720. The molecule has 1 saturated heterocycles. The highest BCUT2D eigenvalue weighted by Crippen LogP contribution is 2.32. The second-order valence-corrected chi connectivity index (χ2v) is 6.36. The molecular formula is C21H21N3O4. The maximum atomic E-state index is 11.3. The van der Waals surface area contributed by atoms with Gasteiger partial charge in [0.15, 0.2) is 0 Å². The van der Waals surface area contributed by atoms with Crippen LogP contribution in [0.15, 0.2) is 18.3 Å². The Labute approximate surface area is 163 Å². The van der Waals surface area contributed by atoms with Crippen molar-refractivity contribution in [3.8, 4) is 29.5 Å². The van der Waals surface area contributed by atoms with Crippen molar-refractivity contribution in [2.24, 2.45) is 0 Å². The summed E-state index contributed by atoms with van der Waals surface area (Å²) in [6.07, 6.45) is 3.72. The van der Waals surface area contributed by atoms with Crippen molar-refractivity contribution in [3.63, 3.8) is 0 Å². The molecule has 0 aliphatic carbocycles. The van der Waals surface area contributed by atoms with Crippen LogP contribution in [-0.4, -0.2) is 44.4 Å². The van der Waals surface area contributed by atoms with Crippen LogP contribution in [0.1, 0.15) is 30.4 Å². The maximum absolute atomic E-state index is 11.3. The summed E-state index contributed by atoms with van der Waals surface area (Å²) in [4.78, 5) is 15.7. The fourth-order valence-electron chi connectivity index (χ4n) is 3.11. The highest BCUT2D eigenvalue weighted by atomic mass is 16.5. The van der Waals surface area contributed by atoms with Crippen LogP contribution in [0.4, 0.5) is 0 Å². The van der Waals surface area contributed by atoms with E-state index in [-0.39, 0.29) is 11.9 Å². The quantitative estimate of drug-likeness (QED) is 0.773. The number of pyridine rings is 1. The SMILES string of the molecule is COCC#Cc1cnc(OCC[C@@H]2CCC(=O)N2)c2cc(OC)c(C#N)cc12. The first-order valence-electron chi connectivity index (χ1n) is 8.97. The van der Waals surface area contributed by atoms with Crippen molar-refractivity contribution in [2.45, 2.75) is 25.3 Å². The van der Waals surface area contributed by atoms with Crippen molar-refractivity contribution in [1.29, 1.82) is 5.26 Å². The summed E-state index contributed by atoms with van der Waals surface area (Å²) in [5, 5.41) is 13.8. The normalized spacial score (nSPS) is 15.5. The van der Waals surface area contributed by atoms with Crippen molar-refractivity contribution in [3.05, 3.63) is 29.5 Å². The van der Waals surface area contributed by atoms with Gasteiger partial charge in [0.2, 0.25) is 11.8 Å². The Morgan fingerprint density at radius 1 is 1.29 bits per heavy atom. The molecule has 1 aliphatic rings. The summed E-state index contributed by atoms with van der Waals surface area (Å²) >= 11 is 0. The molecule has 1 aromatic carbocycles. The number of amides is 1. The smallest absolute Gasteiger partial charge is 0.221 e. The van der Waals surface area contributed by atoms with Gasteiger partial charge in [0.25, 0.3) is 0 Å². The van der Waals surface area contributed by atoms with Crippen LogP contribution in [0.3, 0.4) is 0 Å². The number of ether oxygens (including phenoxy) is 3. The van der Waals surface area contributed by atoms with E-state index in [9.17, 15) is 10.1 Å². The van der Waals surface area contributed by atoms with E-state index in [4.69, 9.17) is 14.2 Å². The molecule has 0 bridgehead atoms. The number of hydrogen-bond acceptors (Lipinski definition) is 6. The summed E-state index contributed by atoms with van der Waals surface area (Å²) < 4.78 is 16.2. The third kappa shape index (κ3) is 4.33. The average molecular weight is 379 g/mol. The Kier molecular flexibility index (Phi) is 6.31. The molecule has 1 N–H and O–H groups in total. The molecule has 0 unspecified atom stereocenters. The highest BCUT2D eigenvalue weighted by Gasteiger charge is 2.20. The number of nitrogens with zero attached hydrogens (tertiary/aromatic N) is 2. The Morgan fingerprint density at radius 2 is 2.14 bits per heavy atom.